The molecule has 3 N–H and O–H groups in total. The van der Waals surface area contributed by atoms with Gasteiger partial charge in [-0.15, -0.1) is 0 Å². The van der Waals surface area contributed by atoms with Crippen LogP contribution in [0.1, 0.15) is 39.9 Å². The molecule has 1 atom stereocenters. The van der Waals surface area contributed by atoms with Gasteiger partial charge in [0.05, 0.1) is 14.2 Å². The van der Waals surface area contributed by atoms with Gasteiger partial charge in [-0.2, -0.15) is 0 Å². The molecule has 2 amide bonds. The molecule has 0 heterocycles. The van der Waals surface area contributed by atoms with Crippen molar-refractivity contribution in [1.29, 1.82) is 0 Å². The van der Waals surface area contributed by atoms with E-state index in [1.165, 1.54) is 4.90 Å². The first kappa shape index (κ1) is 31.6. The highest BCUT2D eigenvalue weighted by atomic mass is 16.5. The lowest BCUT2D eigenvalue weighted by Crippen LogP contribution is -2.45. The minimum absolute atomic E-state index is 0.0687. The number of primary amides is 1. The number of nitrogens with two attached hydrogens (primary N) is 1. The predicted octanol–water partition coefficient (Wildman–Crippen LogP) is 5.62. The summed E-state index contributed by atoms with van der Waals surface area (Å²) in [7, 11) is 3.16. The summed E-state index contributed by atoms with van der Waals surface area (Å²) in [5, 5.41) is 10.0. The Morgan fingerprint density at radius 3 is 2.05 bits per heavy atom. The second kappa shape index (κ2) is 14.7. The van der Waals surface area contributed by atoms with Gasteiger partial charge in [0.25, 0.3) is 5.91 Å². The molecule has 0 aliphatic carbocycles. The Morgan fingerprint density at radius 2 is 1.43 bits per heavy atom. The van der Waals surface area contributed by atoms with Crippen LogP contribution >= 0.6 is 0 Å². The van der Waals surface area contributed by atoms with E-state index >= 15 is 0 Å². The average molecular weight is 597 g/mol. The summed E-state index contributed by atoms with van der Waals surface area (Å²) in [5.41, 5.74) is 10.1. The summed E-state index contributed by atoms with van der Waals surface area (Å²) in [6, 6.07) is 26.5. The molecule has 0 spiro atoms. The van der Waals surface area contributed by atoms with Crippen LogP contribution in [-0.2, 0) is 22.7 Å². The van der Waals surface area contributed by atoms with Crippen LogP contribution in [0.2, 0.25) is 0 Å². The highest BCUT2D eigenvalue weighted by Crippen LogP contribution is 2.29. The maximum absolute atomic E-state index is 13.8. The van der Waals surface area contributed by atoms with Gasteiger partial charge in [-0.1, -0.05) is 60.2 Å². The molecule has 0 bridgehead atoms. The Hall–Kier alpha value is -5.31. The van der Waals surface area contributed by atoms with E-state index in [-0.39, 0.29) is 19.4 Å². The lowest BCUT2D eigenvalue weighted by molar-refractivity contribution is -0.143. The summed E-state index contributed by atoms with van der Waals surface area (Å²) in [6.45, 7) is 2.31. The largest absolute Gasteiger partial charge is 0.496 e. The summed E-state index contributed by atoms with van der Waals surface area (Å²) in [4.78, 5) is 38.8. The smallest absolute Gasteiger partial charge is 0.326 e. The molecule has 228 valence electrons. The van der Waals surface area contributed by atoms with Gasteiger partial charge in [0.2, 0.25) is 5.91 Å². The lowest BCUT2D eigenvalue weighted by Gasteiger charge is -2.29. The third-order valence-corrected chi connectivity index (χ3v) is 7.14. The topological polar surface area (TPSA) is 128 Å². The minimum Gasteiger partial charge on any atom is -0.496 e. The number of hydrogen-bond acceptors (Lipinski definition) is 6. The van der Waals surface area contributed by atoms with Crippen LogP contribution < -0.4 is 19.9 Å². The monoisotopic (exact) mass is 596 g/mol. The van der Waals surface area contributed by atoms with Crippen molar-refractivity contribution < 1.29 is 33.7 Å². The zero-order valence-electron chi connectivity index (χ0n) is 25.0. The molecular formula is C35H36N2O7. The van der Waals surface area contributed by atoms with E-state index < -0.39 is 23.8 Å². The number of amides is 2. The molecule has 0 unspecified atom stereocenters. The highest BCUT2D eigenvalue weighted by Gasteiger charge is 2.31. The zero-order valence-corrected chi connectivity index (χ0v) is 25.0. The summed E-state index contributed by atoms with van der Waals surface area (Å²) in [6.07, 6.45) is -0.239. The highest BCUT2D eigenvalue weighted by molar-refractivity contribution is 5.97. The number of aryl methyl sites for hydroxylation is 1. The molecule has 4 rings (SSSR count). The molecule has 0 aromatic heterocycles. The number of benzene rings is 4. The first-order chi connectivity index (χ1) is 21.2. The van der Waals surface area contributed by atoms with Gasteiger partial charge in [-0.25, -0.2) is 4.79 Å². The summed E-state index contributed by atoms with van der Waals surface area (Å²) < 4.78 is 16.6. The van der Waals surface area contributed by atoms with E-state index in [1.807, 2.05) is 67.6 Å². The second-order valence-electron chi connectivity index (χ2n) is 10.4. The number of carbonyl (C=O) groups excluding carboxylic acids is 2. The lowest BCUT2D eigenvalue weighted by atomic mass is 10.0. The second-order valence-corrected chi connectivity index (χ2v) is 10.4. The van der Waals surface area contributed by atoms with Crippen molar-refractivity contribution in [1.82, 2.24) is 4.90 Å². The fourth-order valence-electron chi connectivity index (χ4n) is 4.87. The number of nitrogens with zero attached hydrogens (tertiary/aromatic N) is 1. The van der Waals surface area contributed by atoms with Crippen LogP contribution in [0.25, 0.3) is 11.1 Å². The number of carboxylic acids is 1. The standard InChI is InChI=1S/C35H36N2O7/c1-23-6-4-7-24(16-23)21-37(32(35(40)41)14-15-33(36)38)34(39)27-12-10-26(11-13-27)28-9-5-8-25(17-28)22-44-31-19-29(42-2)18-30(20-31)43-3/h4-13,16-20,32H,14-15,21-22H2,1-3H3,(H2,36,38)(H,40,41)/t32-/m0/s1. The van der Waals surface area contributed by atoms with Crippen molar-refractivity contribution in [3.8, 4) is 28.4 Å². The van der Waals surface area contributed by atoms with Crippen molar-refractivity contribution in [3.05, 3.63) is 113 Å². The van der Waals surface area contributed by atoms with Crippen molar-refractivity contribution in [3.63, 3.8) is 0 Å². The fraction of sp³-hybridized carbons (Fsp3) is 0.229. The molecule has 44 heavy (non-hydrogen) atoms. The van der Waals surface area contributed by atoms with E-state index in [2.05, 4.69) is 0 Å². The molecule has 0 aliphatic rings. The molecular weight excluding hydrogens is 560 g/mol. The molecule has 4 aromatic rings. The van der Waals surface area contributed by atoms with Crippen molar-refractivity contribution in [2.45, 2.75) is 39.0 Å². The molecule has 4 aromatic carbocycles. The van der Waals surface area contributed by atoms with Gasteiger partial charge < -0.3 is 30.0 Å². The van der Waals surface area contributed by atoms with Crippen molar-refractivity contribution in [2.75, 3.05) is 14.2 Å². The van der Waals surface area contributed by atoms with Gasteiger partial charge in [-0.05, 0) is 53.8 Å². The van der Waals surface area contributed by atoms with Gasteiger partial charge >= 0.3 is 5.97 Å². The normalized spacial score (nSPS) is 11.3. The van der Waals surface area contributed by atoms with Crippen LogP contribution in [-0.4, -0.2) is 48.1 Å². The molecule has 0 fully saturated rings. The van der Waals surface area contributed by atoms with Crippen LogP contribution in [0, 0.1) is 6.92 Å². The van der Waals surface area contributed by atoms with E-state index in [0.717, 1.165) is 27.8 Å². The Morgan fingerprint density at radius 1 is 0.795 bits per heavy atom. The Labute approximate surface area is 256 Å². The maximum atomic E-state index is 13.8. The van der Waals surface area contributed by atoms with Gasteiger partial charge in [0, 0.05) is 36.7 Å². The van der Waals surface area contributed by atoms with Crippen LogP contribution in [0.5, 0.6) is 17.2 Å². The molecule has 0 aliphatic heterocycles. The molecule has 9 nitrogen and oxygen atoms in total. The fourth-order valence-corrected chi connectivity index (χ4v) is 4.87. The van der Waals surface area contributed by atoms with Crippen LogP contribution in [0.15, 0.2) is 91.0 Å². The Balaban J connectivity index is 1.54. The van der Waals surface area contributed by atoms with E-state index in [1.54, 1.807) is 44.6 Å². The Bertz CT molecular complexity index is 1600. The minimum atomic E-state index is -1.23. The average Bonchev–Trinajstić information content (AvgIpc) is 3.02. The first-order valence-corrected chi connectivity index (χ1v) is 14.1. The zero-order chi connectivity index (χ0) is 31.6. The molecule has 0 saturated carbocycles. The van der Waals surface area contributed by atoms with E-state index in [9.17, 15) is 19.5 Å². The van der Waals surface area contributed by atoms with E-state index in [4.69, 9.17) is 19.9 Å². The summed E-state index contributed by atoms with van der Waals surface area (Å²) >= 11 is 0. The number of carboxylic acid groups (broad SMARTS) is 1. The summed E-state index contributed by atoms with van der Waals surface area (Å²) in [5.74, 6) is -0.411. The molecule has 9 heteroatoms. The molecule has 0 radical (unpaired) electrons. The van der Waals surface area contributed by atoms with Crippen LogP contribution in [0.4, 0.5) is 0 Å². The Kier molecular flexibility index (Phi) is 10.6. The number of carbonyl (C=O) groups is 3. The van der Waals surface area contributed by atoms with Crippen molar-refractivity contribution in [2.24, 2.45) is 5.73 Å². The van der Waals surface area contributed by atoms with Gasteiger partial charge in [0.15, 0.2) is 0 Å². The maximum Gasteiger partial charge on any atom is 0.326 e. The third-order valence-electron chi connectivity index (χ3n) is 7.14. The number of ether oxygens (including phenoxy) is 3. The molecule has 0 saturated heterocycles. The number of rotatable bonds is 14. The number of methoxy groups -OCH3 is 2. The van der Waals surface area contributed by atoms with Crippen LogP contribution in [0.3, 0.4) is 0 Å². The van der Waals surface area contributed by atoms with Crippen molar-refractivity contribution >= 4 is 17.8 Å². The van der Waals surface area contributed by atoms with Gasteiger partial charge in [0.1, 0.15) is 29.9 Å². The predicted molar refractivity (Wildman–Crippen MR) is 167 cm³/mol. The third kappa shape index (κ3) is 8.38. The first-order valence-electron chi connectivity index (χ1n) is 14.1. The SMILES string of the molecule is COc1cc(OC)cc(OCc2cccc(-c3ccc(C(=O)N(Cc4cccc(C)c4)[C@@H](CCC(N)=O)C(=O)O)cc3)c2)c1. The van der Waals surface area contributed by atoms with Gasteiger partial charge in [-0.3, -0.25) is 9.59 Å². The number of aliphatic carboxylic acids is 1. The van der Waals surface area contributed by atoms with E-state index in [0.29, 0.717) is 29.4 Å². The number of hydrogen-bond donors (Lipinski definition) is 2. The quantitative estimate of drug-likeness (QED) is 0.193.